The van der Waals surface area contributed by atoms with Gasteiger partial charge in [-0.25, -0.2) is 4.39 Å². The van der Waals surface area contributed by atoms with Crippen LogP contribution < -0.4 is 14.8 Å². The maximum absolute atomic E-state index is 13.5. The van der Waals surface area contributed by atoms with Crippen molar-refractivity contribution in [3.63, 3.8) is 0 Å². The number of amides is 1. The van der Waals surface area contributed by atoms with Crippen LogP contribution in [0.1, 0.15) is 25.0 Å². The lowest BCUT2D eigenvalue weighted by atomic mass is 10.1. The summed E-state index contributed by atoms with van der Waals surface area (Å²) in [6, 6.07) is 9.70. The van der Waals surface area contributed by atoms with E-state index in [1.807, 2.05) is 13.8 Å². The van der Waals surface area contributed by atoms with Gasteiger partial charge in [0.2, 0.25) is 5.91 Å². The van der Waals surface area contributed by atoms with E-state index in [9.17, 15) is 9.18 Å². The SMILES string of the molecule is COc1cc(C=CC(=O)NCc2ccccc2F)cc(Cl)c1OC(C)C. The van der Waals surface area contributed by atoms with Crippen molar-refractivity contribution in [2.75, 3.05) is 7.11 Å². The first-order valence-corrected chi connectivity index (χ1v) is 8.52. The molecule has 6 heteroatoms. The third-order valence-corrected chi connectivity index (χ3v) is 3.72. The largest absolute Gasteiger partial charge is 0.493 e. The number of carbonyl (C=O) groups is 1. The molecule has 0 saturated heterocycles. The van der Waals surface area contributed by atoms with Crippen molar-refractivity contribution in [2.45, 2.75) is 26.5 Å². The van der Waals surface area contributed by atoms with Gasteiger partial charge in [-0.15, -0.1) is 0 Å². The van der Waals surface area contributed by atoms with E-state index in [1.165, 1.54) is 19.3 Å². The molecule has 0 aliphatic carbocycles. The number of benzene rings is 2. The molecule has 26 heavy (non-hydrogen) atoms. The summed E-state index contributed by atoms with van der Waals surface area (Å²) in [5, 5.41) is 3.03. The second-order valence-corrected chi connectivity index (χ2v) is 6.25. The summed E-state index contributed by atoms with van der Waals surface area (Å²) in [6.45, 7) is 3.90. The van der Waals surface area contributed by atoms with Crippen LogP contribution >= 0.6 is 11.6 Å². The van der Waals surface area contributed by atoms with Crippen LogP contribution in [0.5, 0.6) is 11.5 Å². The number of ether oxygens (including phenoxy) is 2. The molecule has 1 amide bonds. The molecule has 0 aliphatic rings. The van der Waals surface area contributed by atoms with E-state index in [4.69, 9.17) is 21.1 Å². The summed E-state index contributed by atoms with van der Waals surface area (Å²) in [4.78, 5) is 11.9. The van der Waals surface area contributed by atoms with Gasteiger partial charge in [-0.05, 0) is 43.7 Å². The van der Waals surface area contributed by atoms with E-state index >= 15 is 0 Å². The zero-order valence-electron chi connectivity index (χ0n) is 14.9. The molecule has 0 fully saturated rings. The van der Waals surface area contributed by atoms with Gasteiger partial charge in [0.1, 0.15) is 5.82 Å². The van der Waals surface area contributed by atoms with Gasteiger partial charge in [-0.3, -0.25) is 4.79 Å². The van der Waals surface area contributed by atoms with Crippen LogP contribution in [0.3, 0.4) is 0 Å². The zero-order chi connectivity index (χ0) is 19.1. The summed E-state index contributed by atoms with van der Waals surface area (Å²) in [5.41, 5.74) is 1.11. The van der Waals surface area contributed by atoms with Gasteiger partial charge in [-0.2, -0.15) is 0 Å². The highest BCUT2D eigenvalue weighted by Crippen LogP contribution is 2.37. The topological polar surface area (TPSA) is 47.6 Å². The Labute approximate surface area is 157 Å². The summed E-state index contributed by atoms with van der Waals surface area (Å²) < 4.78 is 24.5. The minimum Gasteiger partial charge on any atom is -0.493 e. The number of nitrogens with one attached hydrogen (secondary N) is 1. The minimum atomic E-state index is -0.353. The molecule has 0 unspecified atom stereocenters. The van der Waals surface area contributed by atoms with E-state index in [0.29, 0.717) is 27.6 Å². The highest BCUT2D eigenvalue weighted by Gasteiger charge is 2.12. The van der Waals surface area contributed by atoms with Gasteiger partial charge in [0.25, 0.3) is 0 Å². The van der Waals surface area contributed by atoms with Crippen molar-refractivity contribution >= 4 is 23.6 Å². The molecular formula is C20H21ClFNO3. The van der Waals surface area contributed by atoms with Gasteiger partial charge >= 0.3 is 0 Å². The Bertz CT molecular complexity index is 806. The zero-order valence-corrected chi connectivity index (χ0v) is 15.6. The van der Waals surface area contributed by atoms with E-state index in [0.717, 1.165) is 0 Å². The molecular weight excluding hydrogens is 357 g/mol. The maximum Gasteiger partial charge on any atom is 0.244 e. The molecule has 2 aromatic carbocycles. The van der Waals surface area contributed by atoms with E-state index in [2.05, 4.69) is 5.32 Å². The van der Waals surface area contributed by atoms with E-state index in [1.54, 1.807) is 36.4 Å². The molecule has 138 valence electrons. The molecule has 2 rings (SSSR count). The molecule has 0 aromatic heterocycles. The lowest BCUT2D eigenvalue weighted by Crippen LogP contribution is -2.20. The highest BCUT2D eigenvalue weighted by atomic mass is 35.5. The average Bonchev–Trinajstić information content (AvgIpc) is 2.60. The second kappa shape index (κ2) is 9.25. The Kier molecular flexibility index (Phi) is 7.04. The predicted octanol–water partition coefficient (Wildman–Crippen LogP) is 4.60. The van der Waals surface area contributed by atoms with Crippen molar-refractivity contribution < 1.29 is 18.7 Å². The van der Waals surface area contributed by atoms with Crippen LogP contribution in [0.2, 0.25) is 5.02 Å². The van der Waals surface area contributed by atoms with Gasteiger partial charge in [0.05, 0.1) is 18.2 Å². The third-order valence-electron chi connectivity index (χ3n) is 3.44. The number of hydrogen-bond donors (Lipinski definition) is 1. The smallest absolute Gasteiger partial charge is 0.244 e. The summed E-state index contributed by atoms with van der Waals surface area (Å²) in [6.07, 6.45) is 2.91. The summed E-state index contributed by atoms with van der Waals surface area (Å²) in [7, 11) is 1.52. The van der Waals surface area contributed by atoms with Crippen LogP contribution in [-0.2, 0) is 11.3 Å². The Morgan fingerprint density at radius 3 is 2.69 bits per heavy atom. The monoisotopic (exact) mass is 377 g/mol. The fourth-order valence-corrected chi connectivity index (χ4v) is 2.50. The van der Waals surface area contributed by atoms with Crippen LogP contribution in [0, 0.1) is 5.82 Å². The standard InChI is InChI=1S/C20H21ClFNO3/c1-13(2)26-20-16(21)10-14(11-18(20)25-3)8-9-19(24)23-12-15-6-4-5-7-17(15)22/h4-11,13H,12H2,1-3H3,(H,23,24). The number of halogens is 2. The van der Waals surface area contributed by atoms with Crippen molar-refractivity contribution in [1.82, 2.24) is 5.32 Å². The minimum absolute atomic E-state index is 0.0491. The Balaban J connectivity index is 2.06. The van der Waals surface area contributed by atoms with Crippen molar-refractivity contribution in [3.8, 4) is 11.5 Å². The molecule has 4 nitrogen and oxygen atoms in total. The van der Waals surface area contributed by atoms with Crippen LogP contribution in [-0.4, -0.2) is 19.1 Å². The fraction of sp³-hybridized carbons (Fsp3) is 0.250. The van der Waals surface area contributed by atoms with Crippen molar-refractivity contribution in [1.29, 1.82) is 0 Å². The summed E-state index contributed by atoms with van der Waals surface area (Å²) >= 11 is 6.25. The number of carbonyl (C=O) groups excluding carboxylic acids is 1. The van der Waals surface area contributed by atoms with E-state index in [-0.39, 0.29) is 24.4 Å². The molecule has 2 aromatic rings. The first-order valence-electron chi connectivity index (χ1n) is 8.14. The van der Waals surface area contributed by atoms with Gasteiger partial charge in [0.15, 0.2) is 11.5 Å². The Morgan fingerprint density at radius 2 is 2.04 bits per heavy atom. The predicted molar refractivity (Wildman–Crippen MR) is 101 cm³/mol. The van der Waals surface area contributed by atoms with Crippen LogP contribution in [0.25, 0.3) is 6.08 Å². The first kappa shape index (κ1) is 19.8. The molecule has 0 bridgehead atoms. The van der Waals surface area contributed by atoms with Gasteiger partial charge in [-0.1, -0.05) is 29.8 Å². The molecule has 0 atom stereocenters. The summed E-state index contributed by atoms with van der Waals surface area (Å²) in [5.74, 6) is 0.253. The van der Waals surface area contributed by atoms with E-state index < -0.39 is 0 Å². The maximum atomic E-state index is 13.5. The molecule has 0 saturated carbocycles. The van der Waals surface area contributed by atoms with Crippen molar-refractivity contribution in [2.24, 2.45) is 0 Å². The van der Waals surface area contributed by atoms with Crippen LogP contribution in [0.15, 0.2) is 42.5 Å². The molecule has 0 radical (unpaired) electrons. The van der Waals surface area contributed by atoms with Crippen LogP contribution in [0.4, 0.5) is 4.39 Å². The normalized spacial score (nSPS) is 11.0. The number of methoxy groups -OCH3 is 1. The third kappa shape index (κ3) is 5.49. The molecule has 0 aliphatic heterocycles. The number of rotatable bonds is 7. The number of hydrogen-bond acceptors (Lipinski definition) is 3. The van der Waals surface area contributed by atoms with Gasteiger partial charge in [0, 0.05) is 18.2 Å². The highest BCUT2D eigenvalue weighted by molar-refractivity contribution is 6.32. The average molecular weight is 378 g/mol. The first-order chi connectivity index (χ1) is 12.4. The Morgan fingerprint density at radius 1 is 1.31 bits per heavy atom. The lowest BCUT2D eigenvalue weighted by Gasteiger charge is -2.15. The Hall–Kier alpha value is -2.53. The van der Waals surface area contributed by atoms with Gasteiger partial charge < -0.3 is 14.8 Å². The molecule has 0 heterocycles. The lowest BCUT2D eigenvalue weighted by molar-refractivity contribution is -0.116. The molecule has 1 N–H and O–H groups in total. The quantitative estimate of drug-likeness (QED) is 0.717. The second-order valence-electron chi connectivity index (χ2n) is 5.84. The molecule has 0 spiro atoms. The fourth-order valence-electron chi connectivity index (χ4n) is 2.24. The van der Waals surface area contributed by atoms with Crippen molar-refractivity contribution in [3.05, 3.63) is 64.4 Å².